The monoisotopic (exact) mass is 216 g/mol. The van der Waals surface area contributed by atoms with Crippen molar-refractivity contribution in [3.05, 3.63) is 0 Å². The van der Waals surface area contributed by atoms with Crippen LogP contribution in [0.2, 0.25) is 0 Å². The molecule has 2 nitrogen and oxygen atoms in total. The molecule has 1 aliphatic heterocycles. The number of hydrogen-bond acceptors (Lipinski definition) is 3. The maximum absolute atomic E-state index is 5.53. The number of rotatable bonds is 6. The third kappa shape index (κ3) is 5.23. The molecule has 1 fully saturated rings. The van der Waals surface area contributed by atoms with Gasteiger partial charge in [-0.1, -0.05) is 6.92 Å². The van der Waals surface area contributed by atoms with Gasteiger partial charge in [-0.05, 0) is 38.3 Å². The fourth-order valence-electron chi connectivity index (χ4n) is 1.92. The molecule has 1 aliphatic rings. The molecule has 0 amide bonds. The molecule has 1 unspecified atom stereocenters. The Morgan fingerprint density at radius 1 is 1.29 bits per heavy atom. The van der Waals surface area contributed by atoms with Gasteiger partial charge in [-0.2, -0.15) is 11.8 Å². The van der Waals surface area contributed by atoms with Crippen LogP contribution in [0.4, 0.5) is 0 Å². The van der Waals surface area contributed by atoms with Gasteiger partial charge in [0.2, 0.25) is 0 Å². The molecule has 14 heavy (non-hydrogen) atoms. The van der Waals surface area contributed by atoms with Crippen LogP contribution in [0.25, 0.3) is 0 Å². The van der Waals surface area contributed by atoms with E-state index in [1.165, 1.54) is 50.4 Å². The molecule has 0 spiro atoms. The zero-order valence-corrected chi connectivity index (χ0v) is 10.2. The minimum absolute atomic E-state index is 0.819. The van der Waals surface area contributed by atoms with Crippen molar-refractivity contribution in [2.24, 2.45) is 11.7 Å². The standard InChI is InChI=1S/C11H24N2S/c1-11(4-5-12)3-2-6-13-7-9-14-10-8-13/h11H,2-10,12H2,1H3. The van der Waals surface area contributed by atoms with Crippen LogP contribution in [0.5, 0.6) is 0 Å². The van der Waals surface area contributed by atoms with Crippen LogP contribution in [-0.4, -0.2) is 42.6 Å². The number of nitrogens with zero attached hydrogens (tertiary/aromatic N) is 1. The van der Waals surface area contributed by atoms with Crippen molar-refractivity contribution in [1.82, 2.24) is 4.90 Å². The summed E-state index contributed by atoms with van der Waals surface area (Å²) in [6.45, 7) is 7.07. The molecule has 0 aliphatic carbocycles. The molecule has 0 saturated carbocycles. The highest BCUT2D eigenvalue weighted by molar-refractivity contribution is 7.99. The molecule has 0 radical (unpaired) electrons. The molecular formula is C11H24N2S. The van der Waals surface area contributed by atoms with E-state index in [1.54, 1.807) is 0 Å². The Labute approximate surface area is 92.6 Å². The lowest BCUT2D eigenvalue weighted by Crippen LogP contribution is -2.33. The van der Waals surface area contributed by atoms with Crippen LogP contribution in [0.3, 0.4) is 0 Å². The topological polar surface area (TPSA) is 29.3 Å². The fourth-order valence-corrected chi connectivity index (χ4v) is 2.90. The first kappa shape index (κ1) is 12.3. The van der Waals surface area contributed by atoms with Gasteiger partial charge in [0.15, 0.2) is 0 Å². The number of nitrogens with two attached hydrogens (primary N) is 1. The summed E-state index contributed by atoms with van der Waals surface area (Å²) in [5, 5.41) is 0. The molecular weight excluding hydrogens is 192 g/mol. The second-order valence-corrected chi connectivity index (χ2v) is 5.50. The summed E-state index contributed by atoms with van der Waals surface area (Å²) in [5.74, 6) is 3.48. The number of thioether (sulfide) groups is 1. The molecule has 0 aromatic heterocycles. The molecule has 2 N–H and O–H groups in total. The Morgan fingerprint density at radius 2 is 2.00 bits per heavy atom. The maximum atomic E-state index is 5.53. The molecule has 1 rings (SSSR count). The minimum atomic E-state index is 0.819. The van der Waals surface area contributed by atoms with Crippen LogP contribution in [0.15, 0.2) is 0 Å². The molecule has 0 aromatic carbocycles. The Balaban J connectivity index is 1.96. The first-order valence-corrected chi connectivity index (χ1v) is 6.98. The van der Waals surface area contributed by atoms with E-state index in [2.05, 4.69) is 23.6 Å². The summed E-state index contributed by atoms with van der Waals surface area (Å²) in [7, 11) is 0. The normalized spacial score (nSPS) is 21.0. The SMILES string of the molecule is CC(CCN)CCCN1CCSCC1. The summed E-state index contributed by atoms with van der Waals surface area (Å²) in [4.78, 5) is 2.60. The van der Waals surface area contributed by atoms with Gasteiger partial charge >= 0.3 is 0 Å². The number of hydrogen-bond donors (Lipinski definition) is 1. The van der Waals surface area contributed by atoms with Gasteiger partial charge in [0, 0.05) is 24.6 Å². The van der Waals surface area contributed by atoms with Gasteiger partial charge in [-0.25, -0.2) is 0 Å². The third-order valence-corrected chi connectivity index (χ3v) is 3.88. The zero-order chi connectivity index (χ0) is 10.2. The Morgan fingerprint density at radius 3 is 2.64 bits per heavy atom. The van der Waals surface area contributed by atoms with E-state index in [-0.39, 0.29) is 0 Å². The second kappa shape index (κ2) is 7.55. The summed E-state index contributed by atoms with van der Waals surface area (Å²) in [6.07, 6.45) is 3.89. The van der Waals surface area contributed by atoms with E-state index in [0.717, 1.165) is 12.5 Å². The Bertz CT molecular complexity index is 135. The van der Waals surface area contributed by atoms with Gasteiger partial charge in [0.1, 0.15) is 0 Å². The van der Waals surface area contributed by atoms with Gasteiger partial charge < -0.3 is 10.6 Å². The summed E-state index contributed by atoms with van der Waals surface area (Å²) in [5.41, 5.74) is 5.53. The molecule has 1 saturated heterocycles. The average molecular weight is 216 g/mol. The quantitative estimate of drug-likeness (QED) is 0.734. The van der Waals surface area contributed by atoms with Gasteiger partial charge in [0.25, 0.3) is 0 Å². The predicted octanol–water partition coefficient (Wildman–Crippen LogP) is 1.80. The fraction of sp³-hybridized carbons (Fsp3) is 1.00. The second-order valence-electron chi connectivity index (χ2n) is 4.28. The predicted molar refractivity (Wildman–Crippen MR) is 65.8 cm³/mol. The third-order valence-electron chi connectivity index (χ3n) is 2.93. The van der Waals surface area contributed by atoms with Crippen molar-refractivity contribution < 1.29 is 0 Å². The van der Waals surface area contributed by atoms with Gasteiger partial charge in [0.05, 0.1) is 0 Å². The van der Waals surface area contributed by atoms with E-state index in [4.69, 9.17) is 5.73 Å². The van der Waals surface area contributed by atoms with E-state index in [9.17, 15) is 0 Å². The lowest BCUT2D eigenvalue weighted by atomic mass is 10.0. The van der Waals surface area contributed by atoms with E-state index in [1.807, 2.05) is 0 Å². The average Bonchev–Trinajstić information content (AvgIpc) is 2.20. The van der Waals surface area contributed by atoms with Crippen LogP contribution >= 0.6 is 11.8 Å². The van der Waals surface area contributed by atoms with Crippen molar-refractivity contribution >= 4 is 11.8 Å². The molecule has 1 heterocycles. The van der Waals surface area contributed by atoms with Crippen LogP contribution < -0.4 is 5.73 Å². The lowest BCUT2D eigenvalue weighted by molar-refractivity contribution is 0.286. The summed E-state index contributed by atoms with van der Waals surface area (Å²) >= 11 is 2.09. The summed E-state index contributed by atoms with van der Waals surface area (Å²) < 4.78 is 0. The Kier molecular flexibility index (Phi) is 6.65. The van der Waals surface area contributed by atoms with E-state index >= 15 is 0 Å². The smallest absolute Gasteiger partial charge is 0.00727 e. The van der Waals surface area contributed by atoms with Gasteiger partial charge in [-0.15, -0.1) is 0 Å². The highest BCUT2D eigenvalue weighted by atomic mass is 32.2. The van der Waals surface area contributed by atoms with E-state index < -0.39 is 0 Å². The largest absolute Gasteiger partial charge is 0.330 e. The molecule has 3 heteroatoms. The lowest BCUT2D eigenvalue weighted by Gasteiger charge is -2.26. The van der Waals surface area contributed by atoms with Gasteiger partial charge in [-0.3, -0.25) is 0 Å². The van der Waals surface area contributed by atoms with Crippen molar-refractivity contribution in [3.63, 3.8) is 0 Å². The minimum Gasteiger partial charge on any atom is -0.330 e. The molecule has 84 valence electrons. The highest BCUT2D eigenvalue weighted by Crippen LogP contribution is 2.13. The van der Waals surface area contributed by atoms with Crippen molar-refractivity contribution in [2.75, 3.05) is 37.7 Å². The zero-order valence-electron chi connectivity index (χ0n) is 9.37. The highest BCUT2D eigenvalue weighted by Gasteiger charge is 2.10. The van der Waals surface area contributed by atoms with Crippen molar-refractivity contribution in [3.8, 4) is 0 Å². The first-order chi connectivity index (χ1) is 6.83. The van der Waals surface area contributed by atoms with E-state index in [0.29, 0.717) is 0 Å². The molecule has 0 aromatic rings. The van der Waals surface area contributed by atoms with Crippen molar-refractivity contribution in [2.45, 2.75) is 26.2 Å². The van der Waals surface area contributed by atoms with Crippen LogP contribution in [0.1, 0.15) is 26.2 Å². The van der Waals surface area contributed by atoms with Crippen LogP contribution in [0, 0.1) is 5.92 Å². The van der Waals surface area contributed by atoms with Crippen molar-refractivity contribution in [1.29, 1.82) is 0 Å². The summed E-state index contributed by atoms with van der Waals surface area (Å²) in [6, 6.07) is 0. The Hall–Kier alpha value is 0.270. The molecule has 0 bridgehead atoms. The first-order valence-electron chi connectivity index (χ1n) is 5.83. The molecule has 1 atom stereocenters. The maximum Gasteiger partial charge on any atom is 0.00727 e. The van der Waals surface area contributed by atoms with Crippen LogP contribution in [-0.2, 0) is 0 Å².